The molecule has 0 saturated heterocycles. The Bertz CT molecular complexity index is 1120. The van der Waals surface area contributed by atoms with Crippen molar-refractivity contribution in [1.82, 2.24) is 15.2 Å². The monoisotopic (exact) mass is 409 g/mol. The number of rotatable bonds is 1. The van der Waals surface area contributed by atoms with E-state index in [1.807, 2.05) is 24.4 Å². The van der Waals surface area contributed by atoms with Gasteiger partial charge in [0.2, 0.25) is 0 Å². The first-order valence-electron chi connectivity index (χ1n) is 8.09. The molecule has 122 valence electrons. The molecule has 2 aromatic heterocycles. The van der Waals surface area contributed by atoms with E-state index in [0.29, 0.717) is 0 Å². The molecular formula is C20H13BrClN3. The van der Waals surface area contributed by atoms with E-state index >= 15 is 0 Å². The van der Waals surface area contributed by atoms with Crippen molar-refractivity contribution in [2.45, 2.75) is 12.3 Å². The Labute approximate surface area is 158 Å². The predicted octanol–water partition coefficient (Wildman–Crippen LogP) is 5.73. The maximum Gasteiger partial charge on any atom is 0.182 e. The van der Waals surface area contributed by atoms with Crippen LogP contribution in [-0.2, 0) is 6.42 Å². The van der Waals surface area contributed by atoms with Gasteiger partial charge in [-0.25, -0.2) is 4.98 Å². The fraction of sp³-hybridized carbons (Fsp3) is 0.100. The Morgan fingerprint density at radius 3 is 2.64 bits per heavy atom. The van der Waals surface area contributed by atoms with Crippen LogP contribution in [0.15, 0.2) is 59.3 Å². The molecule has 25 heavy (non-hydrogen) atoms. The molecule has 1 aliphatic carbocycles. The molecule has 0 saturated carbocycles. The zero-order valence-electron chi connectivity index (χ0n) is 13.1. The number of nitrogens with one attached hydrogen (secondary N) is 1. The molecule has 1 atom stereocenters. The van der Waals surface area contributed by atoms with Crippen molar-refractivity contribution in [1.29, 1.82) is 0 Å². The van der Waals surface area contributed by atoms with Gasteiger partial charge in [-0.15, -0.1) is 0 Å². The lowest BCUT2D eigenvalue weighted by atomic mass is 9.75. The van der Waals surface area contributed by atoms with Crippen molar-refractivity contribution < 1.29 is 0 Å². The Morgan fingerprint density at radius 1 is 1.04 bits per heavy atom. The van der Waals surface area contributed by atoms with E-state index in [1.54, 1.807) is 0 Å². The van der Waals surface area contributed by atoms with Crippen LogP contribution in [-0.4, -0.2) is 15.2 Å². The summed E-state index contributed by atoms with van der Waals surface area (Å²) in [6, 6.07) is 16.7. The summed E-state index contributed by atoms with van der Waals surface area (Å²) in [5.74, 6) is 0.224. The number of nitrogens with zero attached hydrogens (tertiary/aromatic N) is 2. The molecule has 1 N–H and O–H groups in total. The molecule has 1 unspecified atom stereocenters. The quantitative estimate of drug-likeness (QED) is 0.435. The molecule has 3 nitrogen and oxygen atoms in total. The minimum Gasteiger partial charge on any atom is -0.269 e. The largest absolute Gasteiger partial charge is 0.269 e. The zero-order valence-corrected chi connectivity index (χ0v) is 15.5. The molecule has 4 aromatic rings. The van der Waals surface area contributed by atoms with Crippen molar-refractivity contribution in [2.75, 3.05) is 0 Å². The van der Waals surface area contributed by atoms with E-state index < -0.39 is 0 Å². The first-order chi connectivity index (χ1) is 12.2. The molecule has 0 aliphatic heterocycles. The van der Waals surface area contributed by atoms with Gasteiger partial charge >= 0.3 is 0 Å². The van der Waals surface area contributed by atoms with Gasteiger partial charge in [0, 0.05) is 22.7 Å². The molecular weight excluding hydrogens is 398 g/mol. The van der Waals surface area contributed by atoms with Gasteiger partial charge in [0.25, 0.3) is 0 Å². The average molecular weight is 411 g/mol. The molecule has 5 rings (SSSR count). The number of aromatic nitrogens is 3. The Hall–Kier alpha value is -2.17. The predicted molar refractivity (Wildman–Crippen MR) is 104 cm³/mol. The summed E-state index contributed by atoms with van der Waals surface area (Å²) in [7, 11) is 0. The maximum absolute atomic E-state index is 6.52. The Balaban J connectivity index is 1.82. The summed E-state index contributed by atoms with van der Waals surface area (Å²) in [6.07, 6.45) is 2.82. The molecule has 2 heterocycles. The third kappa shape index (κ3) is 2.25. The standard InChI is InChI=1S/C20H13BrClN3/c21-19-18-17-11(10-23-20(18)25-24-19)9-15(12-5-1-2-7-14(12)17)13-6-3-4-8-16(13)22/h1-8,10,15H,9H2,(H,23,24,25). The second-order valence-corrected chi connectivity index (χ2v) is 7.46. The molecule has 2 aromatic carbocycles. The summed E-state index contributed by atoms with van der Waals surface area (Å²) >= 11 is 10.1. The fourth-order valence-electron chi connectivity index (χ4n) is 3.85. The zero-order chi connectivity index (χ0) is 17.0. The highest BCUT2D eigenvalue weighted by molar-refractivity contribution is 9.10. The molecule has 0 radical (unpaired) electrons. The lowest BCUT2D eigenvalue weighted by Crippen LogP contribution is -2.13. The summed E-state index contributed by atoms with van der Waals surface area (Å²) in [6.45, 7) is 0. The lowest BCUT2D eigenvalue weighted by Gasteiger charge is -2.29. The van der Waals surface area contributed by atoms with Gasteiger partial charge in [0.1, 0.15) is 4.60 Å². The highest BCUT2D eigenvalue weighted by atomic mass is 79.9. The highest BCUT2D eigenvalue weighted by Gasteiger charge is 2.29. The molecule has 5 heteroatoms. The number of pyridine rings is 1. The number of hydrogen-bond donors (Lipinski definition) is 1. The minimum atomic E-state index is 0.224. The van der Waals surface area contributed by atoms with Crippen molar-refractivity contribution >= 4 is 38.6 Å². The van der Waals surface area contributed by atoms with Crippen LogP contribution >= 0.6 is 27.5 Å². The maximum atomic E-state index is 6.52. The molecule has 0 fully saturated rings. The number of H-pyrrole nitrogens is 1. The molecule has 0 bridgehead atoms. The summed E-state index contributed by atoms with van der Waals surface area (Å²) in [5.41, 5.74) is 6.85. The van der Waals surface area contributed by atoms with Gasteiger partial charge in [-0.05, 0) is 50.7 Å². The normalized spacial score (nSPS) is 15.8. The van der Waals surface area contributed by atoms with Gasteiger partial charge in [-0.2, -0.15) is 5.10 Å². The van der Waals surface area contributed by atoms with E-state index in [0.717, 1.165) is 32.6 Å². The smallest absolute Gasteiger partial charge is 0.182 e. The summed E-state index contributed by atoms with van der Waals surface area (Å²) in [5, 5.41) is 9.13. The van der Waals surface area contributed by atoms with E-state index in [1.165, 1.54) is 22.3 Å². The molecule has 0 amide bonds. The first kappa shape index (κ1) is 15.1. The van der Waals surface area contributed by atoms with E-state index in [-0.39, 0.29) is 5.92 Å². The van der Waals surface area contributed by atoms with E-state index in [9.17, 15) is 0 Å². The summed E-state index contributed by atoms with van der Waals surface area (Å²) < 4.78 is 0.873. The second-order valence-electron chi connectivity index (χ2n) is 6.26. The van der Waals surface area contributed by atoms with E-state index in [2.05, 4.69) is 61.4 Å². The van der Waals surface area contributed by atoms with Gasteiger partial charge in [0.05, 0.1) is 5.39 Å². The van der Waals surface area contributed by atoms with Crippen LogP contribution in [0.5, 0.6) is 0 Å². The topological polar surface area (TPSA) is 41.6 Å². The Kier molecular flexibility index (Phi) is 3.43. The van der Waals surface area contributed by atoms with Crippen molar-refractivity contribution in [3.05, 3.63) is 81.0 Å². The molecule has 1 aliphatic rings. The lowest BCUT2D eigenvalue weighted by molar-refractivity contribution is 0.792. The van der Waals surface area contributed by atoms with Crippen molar-refractivity contribution in [3.63, 3.8) is 0 Å². The van der Waals surface area contributed by atoms with Gasteiger partial charge in [-0.3, -0.25) is 5.10 Å². The first-order valence-corrected chi connectivity index (χ1v) is 9.26. The van der Waals surface area contributed by atoms with Crippen LogP contribution in [0.25, 0.3) is 22.2 Å². The van der Waals surface area contributed by atoms with Gasteiger partial charge in [0.15, 0.2) is 5.65 Å². The van der Waals surface area contributed by atoms with Crippen LogP contribution in [0.1, 0.15) is 22.6 Å². The van der Waals surface area contributed by atoms with Crippen LogP contribution in [0, 0.1) is 0 Å². The fourth-order valence-corrected chi connectivity index (χ4v) is 4.58. The summed E-state index contributed by atoms with van der Waals surface area (Å²) in [4.78, 5) is 4.53. The van der Waals surface area contributed by atoms with Crippen molar-refractivity contribution in [2.24, 2.45) is 0 Å². The van der Waals surface area contributed by atoms with E-state index in [4.69, 9.17) is 11.6 Å². The Morgan fingerprint density at radius 2 is 1.80 bits per heavy atom. The third-order valence-corrected chi connectivity index (χ3v) is 5.85. The number of aromatic amines is 1. The minimum absolute atomic E-state index is 0.224. The van der Waals surface area contributed by atoms with Gasteiger partial charge in [-0.1, -0.05) is 54.1 Å². The van der Waals surface area contributed by atoms with Crippen molar-refractivity contribution in [3.8, 4) is 11.1 Å². The van der Waals surface area contributed by atoms with Crippen LogP contribution in [0.3, 0.4) is 0 Å². The highest BCUT2D eigenvalue weighted by Crippen LogP contribution is 2.47. The van der Waals surface area contributed by atoms with Crippen LogP contribution in [0.2, 0.25) is 5.02 Å². The number of hydrogen-bond acceptors (Lipinski definition) is 2. The number of benzene rings is 2. The molecule has 0 spiro atoms. The number of fused-ring (bicyclic) bond motifs is 5. The third-order valence-electron chi connectivity index (χ3n) is 4.93. The van der Waals surface area contributed by atoms with Gasteiger partial charge < -0.3 is 0 Å². The average Bonchev–Trinajstić information content (AvgIpc) is 3.02. The van der Waals surface area contributed by atoms with Crippen LogP contribution in [0.4, 0.5) is 0 Å². The van der Waals surface area contributed by atoms with Crippen LogP contribution < -0.4 is 0 Å². The second kappa shape index (κ2) is 5.68. The SMILES string of the molecule is Clc1ccccc1C1Cc2cnc3n[nH]c(Br)c3c2-c2ccccc21. The number of halogens is 2.